The summed E-state index contributed by atoms with van der Waals surface area (Å²) in [5.41, 5.74) is 0.526. The molecule has 1 saturated carbocycles. The third-order valence-electron chi connectivity index (χ3n) is 2.91. The zero-order valence-electron chi connectivity index (χ0n) is 9.88. The lowest BCUT2D eigenvalue weighted by atomic mass is 10.1. The van der Waals surface area contributed by atoms with Gasteiger partial charge in [-0.25, -0.2) is 4.79 Å². The quantitative estimate of drug-likeness (QED) is 0.413. The van der Waals surface area contributed by atoms with Gasteiger partial charge in [-0.05, 0) is 31.2 Å². The van der Waals surface area contributed by atoms with Gasteiger partial charge >= 0.3 is 5.97 Å². The molecule has 0 saturated heterocycles. The minimum atomic E-state index is -0.258. The molecule has 15 heavy (non-hydrogen) atoms. The number of carbonyl (C=O) groups is 1. The van der Waals surface area contributed by atoms with Gasteiger partial charge in [-0.3, -0.25) is 0 Å². The summed E-state index contributed by atoms with van der Waals surface area (Å²) in [7, 11) is 0. The normalized spacial score (nSPS) is 23.0. The Morgan fingerprint density at radius 1 is 1.60 bits per heavy atom. The van der Waals surface area contributed by atoms with Crippen molar-refractivity contribution in [2.75, 3.05) is 19.7 Å². The Morgan fingerprint density at radius 3 is 2.80 bits per heavy atom. The van der Waals surface area contributed by atoms with Crippen molar-refractivity contribution >= 4 is 5.97 Å². The first-order chi connectivity index (χ1) is 7.06. The van der Waals surface area contributed by atoms with E-state index in [9.17, 15) is 4.79 Å². The smallest absolute Gasteiger partial charge is 0.330 e. The molecular weight excluding hydrogens is 190 g/mol. The monoisotopic (exact) mass is 211 g/mol. The first kappa shape index (κ1) is 12.2. The molecular formula is C12H21NO2. The van der Waals surface area contributed by atoms with Crippen molar-refractivity contribution in [3.05, 3.63) is 12.2 Å². The maximum absolute atomic E-state index is 10.9. The third-order valence-corrected chi connectivity index (χ3v) is 2.91. The van der Waals surface area contributed by atoms with Crippen molar-refractivity contribution in [2.24, 2.45) is 11.3 Å². The van der Waals surface area contributed by atoms with E-state index in [-0.39, 0.29) is 5.97 Å². The fourth-order valence-electron chi connectivity index (χ4n) is 1.61. The van der Waals surface area contributed by atoms with Crippen molar-refractivity contribution < 1.29 is 9.53 Å². The molecule has 0 amide bonds. The average molecular weight is 211 g/mol. The first-order valence-electron chi connectivity index (χ1n) is 5.60. The molecule has 1 rings (SSSR count). The maximum Gasteiger partial charge on any atom is 0.330 e. The van der Waals surface area contributed by atoms with Gasteiger partial charge in [0.25, 0.3) is 0 Å². The Hall–Kier alpha value is -0.830. The highest BCUT2D eigenvalue weighted by Gasteiger charge is 2.44. The summed E-state index contributed by atoms with van der Waals surface area (Å²) in [4.78, 5) is 10.9. The summed E-state index contributed by atoms with van der Waals surface area (Å²) >= 11 is 0. The molecule has 0 aromatic heterocycles. The number of carbonyl (C=O) groups excluding carboxylic acids is 1. The van der Waals surface area contributed by atoms with Gasteiger partial charge in [0.2, 0.25) is 0 Å². The van der Waals surface area contributed by atoms with Crippen LogP contribution in [0.2, 0.25) is 0 Å². The van der Waals surface area contributed by atoms with E-state index in [1.807, 2.05) is 6.08 Å². The predicted molar refractivity (Wildman–Crippen MR) is 60.5 cm³/mol. The molecule has 1 unspecified atom stereocenters. The van der Waals surface area contributed by atoms with Gasteiger partial charge in [0.15, 0.2) is 0 Å². The van der Waals surface area contributed by atoms with Gasteiger partial charge in [-0.15, -0.1) is 0 Å². The van der Waals surface area contributed by atoms with Crippen LogP contribution in [-0.4, -0.2) is 25.7 Å². The Balaban J connectivity index is 2.00. The highest BCUT2D eigenvalue weighted by Crippen LogP contribution is 2.50. The second kappa shape index (κ2) is 5.31. The van der Waals surface area contributed by atoms with Gasteiger partial charge in [-0.1, -0.05) is 19.9 Å². The molecule has 0 aromatic rings. The number of hydrogen-bond acceptors (Lipinski definition) is 3. The summed E-state index contributed by atoms with van der Waals surface area (Å²) in [6, 6.07) is 0. The molecule has 0 radical (unpaired) electrons. The highest BCUT2D eigenvalue weighted by molar-refractivity contribution is 5.81. The van der Waals surface area contributed by atoms with E-state index in [0.29, 0.717) is 12.0 Å². The van der Waals surface area contributed by atoms with Crippen LogP contribution in [0.15, 0.2) is 12.2 Å². The zero-order valence-corrected chi connectivity index (χ0v) is 9.88. The molecule has 1 aliphatic rings. The van der Waals surface area contributed by atoms with Crippen LogP contribution in [-0.2, 0) is 9.53 Å². The van der Waals surface area contributed by atoms with E-state index in [2.05, 4.69) is 19.2 Å². The molecule has 3 nitrogen and oxygen atoms in total. The SMILES string of the molecule is CCOC(=O)/C=C/CNCC1CC1(C)C. The number of nitrogens with one attached hydrogen (secondary N) is 1. The molecule has 0 aromatic carbocycles. The second-order valence-corrected chi connectivity index (χ2v) is 4.70. The molecule has 1 aliphatic carbocycles. The van der Waals surface area contributed by atoms with E-state index < -0.39 is 0 Å². The molecule has 1 fully saturated rings. The molecule has 1 atom stereocenters. The Bertz CT molecular complexity index is 246. The topological polar surface area (TPSA) is 38.3 Å². The minimum Gasteiger partial charge on any atom is -0.463 e. The van der Waals surface area contributed by atoms with Gasteiger partial charge < -0.3 is 10.1 Å². The van der Waals surface area contributed by atoms with Gasteiger partial charge in [0, 0.05) is 12.6 Å². The van der Waals surface area contributed by atoms with Crippen LogP contribution in [0.3, 0.4) is 0 Å². The lowest BCUT2D eigenvalue weighted by Crippen LogP contribution is -2.18. The molecule has 0 spiro atoms. The van der Waals surface area contributed by atoms with Gasteiger partial charge in [0.05, 0.1) is 6.61 Å². The van der Waals surface area contributed by atoms with Gasteiger partial charge in [0.1, 0.15) is 0 Å². The summed E-state index contributed by atoms with van der Waals surface area (Å²) in [5, 5.41) is 3.31. The van der Waals surface area contributed by atoms with Crippen LogP contribution in [0.1, 0.15) is 27.2 Å². The predicted octanol–water partition coefficient (Wildman–Crippen LogP) is 1.74. The molecule has 0 aliphatic heterocycles. The fraction of sp³-hybridized carbons (Fsp3) is 0.750. The average Bonchev–Trinajstić information content (AvgIpc) is 2.74. The number of hydrogen-bond donors (Lipinski definition) is 1. The second-order valence-electron chi connectivity index (χ2n) is 4.70. The van der Waals surface area contributed by atoms with E-state index in [1.54, 1.807) is 6.92 Å². The van der Waals surface area contributed by atoms with E-state index in [1.165, 1.54) is 12.5 Å². The molecule has 3 heteroatoms. The lowest BCUT2D eigenvalue weighted by Gasteiger charge is -2.03. The summed E-state index contributed by atoms with van der Waals surface area (Å²) in [6.07, 6.45) is 4.60. The Labute approximate surface area is 91.9 Å². The van der Waals surface area contributed by atoms with Crippen molar-refractivity contribution in [3.8, 4) is 0 Å². The van der Waals surface area contributed by atoms with Gasteiger partial charge in [-0.2, -0.15) is 0 Å². The summed E-state index contributed by atoms with van der Waals surface area (Å²) in [5.74, 6) is 0.541. The van der Waals surface area contributed by atoms with E-state index >= 15 is 0 Å². The Morgan fingerprint density at radius 2 is 2.27 bits per heavy atom. The summed E-state index contributed by atoms with van der Waals surface area (Å²) in [6.45, 7) is 8.60. The first-order valence-corrected chi connectivity index (χ1v) is 5.60. The zero-order chi connectivity index (χ0) is 11.3. The summed E-state index contributed by atoms with van der Waals surface area (Å²) < 4.78 is 4.76. The van der Waals surface area contributed by atoms with Crippen molar-refractivity contribution in [2.45, 2.75) is 27.2 Å². The Kier molecular flexibility index (Phi) is 4.33. The highest BCUT2D eigenvalue weighted by atomic mass is 16.5. The van der Waals surface area contributed by atoms with Crippen LogP contribution in [0.4, 0.5) is 0 Å². The van der Waals surface area contributed by atoms with Crippen molar-refractivity contribution in [1.82, 2.24) is 5.32 Å². The van der Waals surface area contributed by atoms with Crippen LogP contribution in [0, 0.1) is 11.3 Å². The molecule has 0 bridgehead atoms. The van der Waals surface area contributed by atoms with Crippen molar-refractivity contribution in [3.63, 3.8) is 0 Å². The van der Waals surface area contributed by atoms with Crippen LogP contribution in [0.25, 0.3) is 0 Å². The van der Waals surface area contributed by atoms with Crippen molar-refractivity contribution in [1.29, 1.82) is 0 Å². The maximum atomic E-state index is 10.9. The number of esters is 1. The molecule has 0 heterocycles. The number of ether oxygens (including phenoxy) is 1. The third kappa shape index (κ3) is 4.47. The van der Waals surface area contributed by atoms with Crippen LogP contribution < -0.4 is 5.32 Å². The van der Waals surface area contributed by atoms with Crippen LogP contribution >= 0.6 is 0 Å². The van der Waals surface area contributed by atoms with Crippen LogP contribution in [0.5, 0.6) is 0 Å². The van der Waals surface area contributed by atoms with E-state index in [4.69, 9.17) is 4.74 Å². The lowest BCUT2D eigenvalue weighted by molar-refractivity contribution is -0.137. The largest absolute Gasteiger partial charge is 0.463 e. The standard InChI is InChI=1S/C12H21NO2/c1-4-15-11(14)6-5-7-13-9-10-8-12(10,2)3/h5-6,10,13H,4,7-9H2,1-3H3/b6-5+. The van der Waals surface area contributed by atoms with E-state index in [0.717, 1.165) is 19.0 Å². The minimum absolute atomic E-state index is 0.258. The fourth-order valence-corrected chi connectivity index (χ4v) is 1.61. The number of rotatable bonds is 6. The molecule has 1 N–H and O–H groups in total. The molecule has 86 valence electrons.